The Hall–Kier alpha value is -3.23. The number of nitro groups is 2. The van der Waals surface area contributed by atoms with E-state index in [1.807, 2.05) is 19.9 Å². The van der Waals surface area contributed by atoms with Gasteiger partial charge in [0, 0.05) is 23.0 Å². The van der Waals surface area contributed by atoms with E-state index in [4.69, 9.17) is 0 Å². The Kier molecular flexibility index (Phi) is 4.16. The molecule has 0 fully saturated rings. The summed E-state index contributed by atoms with van der Waals surface area (Å²) in [4.78, 5) is 23.3. The monoisotopic (exact) mass is 303 g/mol. The first kappa shape index (κ1) is 15.2. The Morgan fingerprint density at radius 3 is 2.45 bits per heavy atom. The molecule has 0 atom stereocenters. The lowest BCUT2D eigenvalue weighted by molar-refractivity contribution is -0.393. The molecular weight excluding hydrogens is 290 g/mol. The standard InChI is InChI=1S/C13H13N5O4/c1-8-5-10(9(2)15-8)7-14-16-12-4-3-11(17(19)20)6-13(12)18(21)22/h3-7,15-16H,1-2H3/b14-7+. The van der Waals surface area contributed by atoms with Crippen LogP contribution in [0, 0.1) is 34.1 Å². The molecule has 0 amide bonds. The maximum absolute atomic E-state index is 11.0. The minimum atomic E-state index is -0.698. The molecule has 0 saturated heterocycles. The lowest BCUT2D eigenvalue weighted by atomic mass is 10.2. The Labute approximate surface area is 125 Å². The fraction of sp³-hybridized carbons (Fsp3) is 0.154. The predicted molar refractivity (Wildman–Crippen MR) is 81.2 cm³/mol. The van der Waals surface area contributed by atoms with E-state index >= 15 is 0 Å². The summed E-state index contributed by atoms with van der Waals surface area (Å²) < 4.78 is 0. The van der Waals surface area contributed by atoms with Gasteiger partial charge in [-0.05, 0) is 26.0 Å². The number of anilines is 1. The second-order valence-electron chi connectivity index (χ2n) is 4.62. The fourth-order valence-electron chi connectivity index (χ4n) is 1.93. The molecule has 0 spiro atoms. The molecule has 0 unspecified atom stereocenters. The van der Waals surface area contributed by atoms with Crippen molar-refractivity contribution >= 4 is 23.3 Å². The van der Waals surface area contributed by atoms with Gasteiger partial charge in [-0.1, -0.05) is 0 Å². The van der Waals surface area contributed by atoms with E-state index < -0.39 is 15.5 Å². The summed E-state index contributed by atoms with van der Waals surface area (Å²) in [5.41, 5.74) is 4.59. The fourth-order valence-corrected chi connectivity index (χ4v) is 1.93. The summed E-state index contributed by atoms with van der Waals surface area (Å²) in [5.74, 6) is 0. The quantitative estimate of drug-likeness (QED) is 0.499. The van der Waals surface area contributed by atoms with Gasteiger partial charge in [0.05, 0.1) is 22.1 Å². The first-order chi connectivity index (χ1) is 10.4. The normalized spacial score (nSPS) is 10.8. The highest BCUT2D eigenvalue weighted by atomic mass is 16.6. The molecule has 1 heterocycles. The molecule has 9 nitrogen and oxygen atoms in total. The maximum atomic E-state index is 11.0. The van der Waals surface area contributed by atoms with Crippen LogP contribution in [0.1, 0.15) is 17.0 Å². The number of hydrogen-bond donors (Lipinski definition) is 2. The number of nitrogens with zero attached hydrogens (tertiary/aromatic N) is 3. The SMILES string of the molecule is Cc1cc(/C=N/Nc2ccc([N+](=O)[O-])cc2[N+](=O)[O-])c(C)[nH]1. The van der Waals surface area contributed by atoms with Crippen molar-refractivity contribution in [1.82, 2.24) is 4.98 Å². The molecular formula is C13H13N5O4. The average Bonchev–Trinajstić information content (AvgIpc) is 2.77. The van der Waals surface area contributed by atoms with Crippen molar-refractivity contribution in [2.45, 2.75) is 13.8 Å². The topological polar surface area (TPSA) is 126 Å². The van der Waals surface area contributed by atoms with Gasteiger partial charge in [0.2, 0.25) is 0 Å². The highest BCUT2D eigenvalue weighted by Gasteiger charge is 2.19. The van der Waals surface area contributed by atoms with Crippen molar-refractivity contribution in [3.63, 3.8) is 0 Å². The average molecular weight is 303 g/mol. The van der Waals surface area contributed by atoms with E-state index in [1.54, 1.807) is 0 Å². The third-order valence-corrected chi connectivity index (χ3v) is 2.97. The van der Waals surface area contributed by atoms with E-state index in [1.165, 1.54) is 18.3 Å². The Morgan fingerprint density at radius 2 is 1.91 bits per heavy atom. The number of aromatic amines is 1. The van der Waals surface area contributed by atoms with Crippen LogP contribution in [0.4, 0.5) is 17.1 Å². The number of benzene rings is 1. The number of hydrogen-bond acceptors (Lipinski definition) is 6. The molecule has 114 valence electrons. The van der Waals surface area contributed by atoms with Gasteiger partial charge >= 0.3 is 5.69 Å². The molecule has 1 aromatic carbocycles. The molecule has 0 aliphatic heterocycles. The van der Waals surface area contributed by atoms with Gasteiger partial charge in [0.15, 0.2) is 0 Å². The minimum Gasteiger partial charge on any atom is -0.362 e. The van der Waals surface area contributed by atoms with E-state index in [0.29, 0.717) is 0 Å². The number of rotatable bonds is 5. The molecule has 0 aliphatic carbocycles. The number of hydrazone groups is 1. The number of nitro benzene ring substituents is 2. The highest BCUT2D eigenvalue weighted by molar-refractivity contribution is 5.82. The zero-order valence-corrected chi connectivity index (χ0v) is 11.9. The Morgan fingerprint density at radius 1 is 1.18 bits per heavy atom. The third-order valence-electron chi connectivity index (χ3n) is 2.97. The Balaban J connectivity index is 2.24. The lowest BCUT2D eigenvalue weighted by Crippen LogP contribution is -1.98. The van der Waals surface area contributed by atoms with Crippen LogP contribution in [-0.2, 0) is 0 Å². The van der Waals surface area contributed by atoms with Crippen LogP contribution < -0.4 is 5.43 Å². The number of non-ortho nitro benzene ring substituents is 1. The molecule has 1 aromatic heterocycles. The maximum Gasteiger partial charge on any atom is 0.301 e. The van der Waals surface area contributed by atoms with Crippen LogP contribution in [0.25, 0.3) is 0 Å². The Bertz CT molecular complexity index is 766. The molecule has 0 radical (unpaired) electrons. The van der Waals surface area contributed by atoms with Crippen LogP contribution in [0.5, 0.6) is 0 Å². The van der Waals surface area contributed by atoms with Crippen LogP contribution in [0.3, 0.4) is 0 Å². The van der Waals surface area contributed by atoms with Gasteiger partial charge in [0.25, 0.3) is 5.69 Å². The molecule has 2 rings (SSSR count). The molecule has 0 saturated carbocycles. The number of aromatic nitrogens is 1. The van der Waals surface area contributed by atoms with Crippen molar-refractivity contribution in [3.8, 4) is 0 Å². The summed E-state index contributed by atoms with van der Waals surface area (Å²) in [6.07, 6.45) is 1.52. The smallest absolute Gasteiger partial charge is 0.301 e. The van der Waals surface area contributed by atoms with Gasteiger partial charge < -0.3 is 4.98 Å². The zero-order chi connectivity index (χ0) is 16.3. The van der Waals surface area contributed by atoms with Gasteiger partial charge in [-0.2, -0.15) is 5.10 Å². The van der Waals surface area contributed by atoms with Crippen LogP contribution in [0.15, 0.2) is 29.4 Å². The van der Waals surface area contributed by atoms with Crippen molar-refractivity contribution < 1.29 is 9.85 Å². The van der Waals surface area contributed by atoms with E-state index in [0.717, 1.165) is 23.0 Å². The van der Waals surface area contributed by atoms with Crippen molar-refractivity contribution in [3.05, 3.63) is 61.4 Å². The van der Waals surface area contributed by atoms with E-state index in [2.05, 4.69) is 15.5 Å². The summed E-state index contributed by atoms with van der Waals surface area (Å²) in [6.45, 7) is 3.78. The van der Waals surface area contributed by atoms with Crippen LogP contribution in [-0.4, -0.2) is 21.0 Å². The van der Waals surface area contributed by atoms with Crippen LogP contribution in [0.2, 0.25) is 0 Å². The third kappa shape index (κ3) is 3.26. The van der Waals surface area contributed by atoms with Gasteiger partial charge in [-0.25, -0.2) is 0 Å². The summed E-state index contributed by atoms with van der Waals surface area (Å²) in [7, 11) is 0. The van der Waals surface area contributed by atoms with Gasteiger partial charge in [-0.15, -0.1) is 0 Å². The molecule has 0 aliphatic rings. The van der Waals surface area contributed by atoms with Crippen LogP contribution >= 0.6 is 0 Å². The second kappa shape index (κ2) is 6.04. The van der Waals surface area contributed by atoms with E-state index in [-0.39, 0.29) is 11.4 Å². The minimum absolute atomic E-state index is 0.0803. The number of nitrogens with one attached hydrogen (secondary N) is 2. The first-order valence-electron chi connectivity index (χ1n) is 6.26. The van der Waals surface area contributed by atoms with Crippen molar-refractivity contribution in [1.29, 1.82) is 0 Å². The zero-order valence-electron chi connectivity index (χ0n) is 11.9. The van der Waals surface area contributed by atoms with Crippen molar-refractivity contribution in [2.24, 2.45) is 5.10 Å². The van der Waals surface area contributed by atoms with Gasteiger partial charge in [0.1, 0.15) is 5.69 Å². The van der Waals surface area contributed by atoms with E-state index in [9.17, 15) is 20.2 Å². The number of H-pyrrole nitrogens is 1. The van der Waals surface area contributed by atoms with Crippen molar-refractivity contribution in [2.75, 3.05) is 5.43 Å². The molecule has 0 bridgehead atoms. The van der Waals surface area contributed by atoms with Gasteiger partial charge in [-0.3, -0.25) is 25.7 Å². The molecule has 22 heavy (non-hydrogen) atoms. The number of aryl methyl sites for hydroxylation is 2. The second-order valence-corrected chi connectivity index (χ2v) is 4.62. The first-order valence-corrected chi connectivity index (χ1v) is 6.26. The molecule has 2 N–H and O–H groups in total. The summed E-state index contributed by atoms with van der Waals surface area (Å²) >= 11 is 0. The molecule has 2 aromatic rings. The predicted octanol–water partition coefficient (Wildman–Crippen LogP) is 2.89. The lowest BCUT2D eigenvalue weighted by Gasteiger charge is -2.01. The largest absolute Gasteiger partial charge is 0.362 e. The summed E-state index contributed by atoms with van der Waals surface area (Å²) in [5, 5.41) is 25.6. The summed E-state index contributed by atoms with van der Waals surface area (Å²) in [6, 6.07) is 5.20. The highest BCUT2D eigenvalue weighted by Crippen LogP contribution is 2.28. The molecule has 9 heteroatoms.